The fourth-order valence-corrected chi connectivity index (χ4v) is 2.16. The number of hydrogen-bond acceptors (Lipinski definition) is 7. The van der Waals surface area contributed by atoms with E-state index < -0.39 is 16.7 Å². The lowest BCUT2D eigenvalue weighted by atomic mass is 10.1. The summed E-state index contributed by atoms with van der Waals surface area (Å²) in [5.74, 6) is -0.414. The highest BCUT2D eigenvalue weighted by Gasteiger charge is 2.11. The fraction of sp³-hybridized carbons (Fsp3) is 0.167. The molecule has 28 heavy (non-hydrogen) atoms. The minimum absolute atomic E-state index is 0.109. The molecule has 0 saturated carbocycles. The molecular formula is C18H18N4O6. The number of ether oxygens (including phenoxy) is 2. The summed E-state index contributed by atoms with van der Waals surface area (Å²) >= 11 is 0. The summed E-state index contributed by atoms with van der Waals surface area (Å²) in [5.41, 5.74) is 8.68. The Kier molecular flexibility index (Phi) is 6.63. The topological polar surface area (TPSA) is 146 Å². The molecule has 3 N–H and O–H groups in total. The summed E-state index contributed by atoms with van der Waals surface area (Å²) in [7, 11) is 1.44. The fourth-order valence-electron chi connectivity index (χ4n) is 2.16. The normalized spacial score (nSPS) is 10.9. The number of nitrogens with zero attached hydrogens (tertiary/aromatic N) is 2. The average molecular weight is 386 g/mol. The van der Waals surface area contributed by atoms with Crippen LogP contribution < -0.4 is 20.6 Å². The molecule has 0 saturated heterocycles. The second-order valence-electron chi connectivity index (χ2n) is 5.56. The summed E-state index contributed by atoms with van der Waals surface area (Å²) in [6.07, 6.45) is 0. The predicted octanol–water partition coefficient (Wildman–Crippen LogP) is 1.62. The van der Waals surface area contributed by atoms with Gasteiger partial charge in [0.15, 0.2) is 18.1 Å². The van der Waals surface area contributed by atoms with Crippen LogP contribution in [0.3, 0.4) is 0 Å². The minimum Gasteiger partial charge on any atom is -0.493 e. The van der Waals surface area contributed by atoms with Gasteiger partial charge in [-0.2, -0.15) is 5.10 Å². The van der Waals surface area contributed by atoms with E-state index in [1.807, 2.05) is 0 Å². The van der Waals surface area contributed by atoms with Gasteiger partial charge >= 0.3 is 0 Å². The highest BCUT2D eigenvalue weighted by molar-refractivity contribution is 6.01. The number of nitrogens with two attached hydrogens (primary N) is 1. The Morgan fingerprint density at radius 1 is 1.14 bits per heavy atom. The van der Waals surface area contributed by atoms with Crippen molar-refractivity contribution >= 4 is 23.2 Å². The zero-order valence-corrected chi connectivity index (χ0v) is 15.2. The van der Waals surface area contributed by atoms with Crippen molar-refractivity contribution in [3.05, 3.63) is 63.7 Å². The van der Waals surface area contributed by atoms with Crippen LogP contribution in [0.1, 0.15) is 22.8 Å². The summed E-state index contributed by atoms with van der Waals surface area (Å²) in [5, 5.41) is 14.7. The Hall–Kier alpha value is -3.95. The molecule has 0 aromatic heterocycles. The molecule has 0 aliphatic heterocycles. The van der Waals surface area contributed by atoms with E-state index in [-0.39, 0.29) is 17.9 Å². The predicted molar refractivity (Wildman–Crippen MR) is 100 cm³/mol. The molecule has 0 atom stereocenters. The second-order valence-corrected chi connectivity index (χ2v) is 5.56. The van der Waals surface area contributed by atoms with Gasteiger partial charge in [-0.05, 0) is 37.3 Å². The monoisotopic (exact) mass is 386 g/mol. The van der Waals surface area contributed by atoms with Crippen molar-refractivity contribution < 1.29 is 24.0 Å². The number of rotatable bonds is 8. The van der Waals surface area contributed by atoms with Crippen LogP contribution in [0.4, 0.5) is 5.69 Å². The third kappa shape index (κ3) is 5.27. The highest BCUT2D eigenvalue weighted by atomic mass is 16.6. The number of primary amides is 1. The Balaban J connectivity index is 2.10. The van der Waals surface area contributed by atoms with Crippen LogP contribution in [-0.2, 0) is 4.79 Å². The molecule has 2 aromatic carbocycles. The summed E-state index contributed by atoms with van der Waals surface area (Å²) in [6, 6.07) is 10.1. The number of amides is 2. The number of methoxy groups -OCH3 is 1. The van der Waals surface area contributed by atoms with Gasteiger partial charge in [-0.3, -0.25) is 19.7 Å². The SMILES string of the molecule is COc1cc(/C(C)=N/NC(=O)c2ccc([N+](=O)[O-])cc2)ccc1OCC(N)=O. The lowest BCUT2D eigenvalue weighted by molar-refractivity contribution is -0.384. The van der Waals surface area contributed by atoms with Gasteiger partial charge in [-0.25, -0.2) is 5.43 Å². The van der Waals surface area contributed by atoms with Gasteiger partial charge in [-0.15, -0.1) is 0 Å². The molecule has 2 amide bonds. The van der Waals surface area contributed by atoms with Crippen LogP contribution in [-0.4, -0.2) is 36.2 Å². The van der Waals surface area contributed by atoms with Gasteiger partial charge in [-0.1, -0.05) is 0 Å². The standard InChI is InChI=1S/C18H18N4O6/c1-11(13-5-8-15(16(9-13)27-2)28-10-17(19)23)20-21-18(24)12-3-6-14(7-4-12)22(25)26/h3-9H,10H2,1-2H3,(H2,19,23)(H,21,24)/b20-11+. The number of hydrogen-bond donors (Lipinski definition) is 2. The van der Waals surface area contributed by atoms with Gasteiger partial charge in [0.25, 0.3) is 17.5 Å². The maximum atomic E-state index is 12.1. The second kappa shape index (κ2) is 9.12. The van der Waals surface area contributed by atoms with Crippen molar-refractivity contribution in [2.75, 3.05) is 13.7 Å². The molecular weight excluding hydrogens is 368 g/mol. The molecule has 0 radical (unpaired) electrons. The number of carbonyl (C=O) groups excluding carboxylic acids is 2. The molecule has 2 rings (SSSR count). The number of nitro groups is 1. The number of non-ortho nitro benzene ring substituents is 1. The van der Waals surface area contributed by atoms with E-state index in [1.54, 1.807) is 25.1 Å². The molecule has 0 aliphatic rings. The molecule has 0 unspecified atom stereocenters. The first-order valence-electron chi connectivity index (χ1n) is 8.00. The smallest absolute Gasteiger partial charge is 0.271 e. The Morgan fingerprint density at radius 3 is 2.36 bits per heavy atom. The number of hydrazone groups is 1. The zero-order valence-electron chi connectivity index (χ0n) is 15.2. The van der Waals surface area contributed by atoms with Crippen molar-refractivity contribution in [2.45, 2.75) is 6.92 Å². The van der Waals surface area contributed by atoms with Crippen LogP contribution in [0, 0.1) is 10.1 Å². The van der Waals surface area contributed by atoms with Crippen molar-refractivity contribution in [1.82, 2.24) is 5.43 Å². The van der Waals surface area contributed by atoms with Crippen LogP contribution in [0.2, 0.25) is 0 Å². The maximum absolute atomic E-state index is 12.1. The third-order valence-corrected chi connectivity index (χ3v) is 3.62. The maximum Gasteiger partial charge on any atom is 0.271 e. The van der Waals surface area contributed by atoms with E-state index in [2.05, 4.69) is 10.5 Å². The van der Waals surface area contributed by atoms with Crippen LogP contribution in [0.5, 0.6) is 11.5 Å². The molecule has 0 fully saturated rings. The molecule has 10 nitrogen and oxygen atoms in total. The van der Waals surface area contributed by atoms with E-state index >= 15 is 0 Å². The number of nitro benzene ring substituents is 1. The number of nitrogens with one attached hydrogen (secondary N) is 1. The molecule has 146 valence electrons. The molecule has 0 spiro atoms. The van der Waals surface area contributed by atoms with Crippen molar-refractivity contribution in [3.63, 3.8) is 0 Å². The minimum atomic E-state index is -0.613. The first kappa shape index (κ1) is 20.4. The van der Waals surface area contributed by atoms with E-state index in [0.29, 0.717) is 22.8 Å². The van der Waals surface area contributed by atoms with Gasteiger partial charge in [0.1, 0.15) is 0 Å². The summed E-state index contributed by atoms with van der Waals surface area (Å²) in [4.78, 5) is 33.0. The van der Waals surface area contributed by atoms with E-state index in [1.165, 1.54) is 31.4 Å². The largest absolute Gasteiger partial charge is 0.493 e. The Labute approximate surface area is 160 Å². The van der Waals surface area contributed by atoms with E-state index in [4.69, 9.17) is 15.2 Å². The third-order valence-electron chi connectivity index (χ3n) is 3.62. The molecule has 0 heterocycles. The van der Waals surface area contributed by atoms with Crippen molar-refractivity contribution in [3.8, 4) is 11.5 Å². The molecule has 0 bridgehead atoms. The number of benzene rings is 2. The van der Waals surface area contributed by atoms with Crippen molar-refractivity contribution in [1.29, 1.82) is 0 Å². The van der Waals surface area contributed by atoms with Gasteiger partial charge in [0, 0.05) is 23.3 Å². The van der Waals surface area contributed by atoms with Crippen LogP contribution >= 0.6 is 0 Å². The van der Waals surface area contributed by atoms with Gasteiger partial charge in [0.2, 0.25) is 0 Å². The number of carbonyl (C=O) groups is 2. The van der Waals surface area contributed by atoms with E-state index in [0.717, 1.165) is 0 Å². The van der Waals surface area contributed by atoms with Gasteiger partial charge in [0.05, 0.1) is 17.7 Å². The van der Waals surface area contributed by atoms with Crippen LogP contribution in [0.15, 0.2) is 47.6 Å². The Bertz CT molecular complexity index is 924. The zero-order chi connectivity index (χ0) is 20.7. The first-order chi connectivity index (χ1) is 13.3. The van der Waals surface area contributed by atoms with Crippen molar-refractivity contribution in [2.24, 2.45) is 10.8 Å². The van der Waals surface area contributed by atoms with E-state index in [9.17, 15) is 19.7 Å². The molecule has 10 heteroatoms. The lowest BCUT2D eigenvalue weighted by Gasteiger charge is -2.11. The lowest BCUT2D eigenvalue weighted by Crippen LogP contribution is -2.20. The quantitative estimate of drug-likeness (QED) is 0.400. The molecule has 2 aromatic rings. The highest BCUT2D eigenvalue weighted by Crippen LogP contribution is 2.28. The summed E-state index contributed by atoms with van der Waals surface area (Å²) < 4.78 is 10.5. The average Bonchev–Trinajstić information content (AvgIpc) is 2.69. The Morgan fingerprint density at radius 2 is 1.79 bits per heavy atom. The molecule has 0 aliphatic carbocycles. The van der Waals surface area contributed by atoms with Gasteiger partial charge < -0.3 is 15.2 Å². The van der Waals surface area contributed by atoms with Crippen LogP contribution in [0.25, 0.3) is 0 Å². The summed E-state index contributed by atoms with van der Waals surface area (Å²) in [6.45, 7) is 1.39. The first-order valence-corrected chi connectivity index (χ1v) is 8.00.